The number of aliphatic carboxylic acids is 1. The molecule has 1 saturated heterocycles. The number of aromatic nitrogens is 4. The van der Waals surface area contributed by atoms with Crippen LogP contribution in [0.4, 0.5) is 5.82 Å². The van der Waals surface area contributed by atoms with E-state index >= 15 is 0 Å². The number of rotatable bonds is 14. The van der Waals surface area contributed by atoms with Crippen molar-refractivity contribution >= 4 is 58.1 Å². The summed E-state index contributed by atoms with van der Waals surface area (Å²) in [6.45, 7) is -0.655. The molecule has 4 unspecified atom stereocenters. The minimum absolute atomic E-state index is 0.00131. The van der Waals surface area contributed by atoms with E-state index in [1.165, 1.54) is 10.9 Å². The first-order valence-corrected chi connectivity index (χ1v) is 16.5. The molecular weight excluding hydrogens is 627 g/mol. The number of nitrogens with two attached hydrogens (primary N) is 2. The lowest BCUT2D eigenvalue weighted by Gasteiger charge is -2.27. The number of hydrogen-bond donors (Lipinski definition) is 10. The highest BCUT2D eigenvalue weighted by Crippen LogP contribution is 2.64. The minimum Gasteiger partial charge on any atom is -0.480 e. The molecule has 12 N–H and O–H groups in total. The molecule has 0 spiro atoms. The standard InChI is InChI=1S/C15H26N7O14P3S/c16-6(15(25)26)1-2-40-7(3-21-37(27,28)35-39(32,33)36-38(29,30)31)11-9(23)10(24)14(34-11)22-5-20-8-12(17)18-4-19-13(8)22/h4-7,9-11,14,23-24H,1-3,16H2,(H,25,26)(H,32,33)(H2,17,18,19)(H2,21,27,28)(H2,29,30,31)/t6?,7-,9-,10+,11+,14?/m0/s1. The Balaban J connectivity index is 1.80. The van der Waals surface area contributed by atoms with Gasteiger partial charge in [-0.1, -0.05) is 0 Å². The SMILES string of the molecule is Nc1ncnc2c1ncn2C1O[C@H]([C@H](CNP(=O)(O)OP(=O)(O)OP(=O)(O)O)SCCC(N)C(=O)O)[C@@H](O)[C@H]1O. The van der Waals surface area contributed by atoms with Gasteiger partial charge in [-0.25, -0.2) is 33.7 Å². The number of anilines is 1. The zero-order valence-electron chi connectivity index (χ0n) is 19.9. The molecule has 0 saturated carbocycles. The molecule has 0 aromatic carbocycles. The monoisotopic (exact) mass is 653 g/mol. The number of carboxylic acid groups (broad SMARTS) is 1. The molecule has 3 heterocycles. The van der Waals surface area contributed by atoms with Crippen LogP contribution in [0.1, 0.15) is 12.6 Å². The van der Waals surface area contributed by atoms with Gasteiger partial charge in [0.1, 0.15) is 36.2 Å². The Morgan fingerprint density at radius 1 is 1.15 bits per heavy atom. The van der Waals surface area contributed by atoms with E-state index in [1.54, 1.807) is 0 Å². The number of hydrogen-bond acceptors (Lipinski definition) is 15. The lowest BCUT2D eigenvalue weighted by molar-refractivity contribution is -0.138. The van der Waals surface area contributed by atoms with Gasteiger partial charge in [0.25, 0.3) is 0 Å². The van der Waals surface area contributed by atoms with E-state index < -0.39 is 71.7 Å². The lowest BCUT2D eigenvalue weighted by atomic mass is 10.1. The second-order valence-electron chi connectivity index (χ2n) is 8.20. The summed E-state index contributed by atoms with van der Waals surface area (Å²) < 4.78 is 49.4. The first kappa shape index (κ1) is 32.9. The number of phosphoric acid groups is 2. The van der Waals surface area contributed by atoms with Gasteiger partial charge in [-0.15, -0.1) is 0 Å². The predicted octanol–water partition coefficient (Wildman–Crippen LogP) is -2.15. The highest BCUT2D eigenvalue weighted by Gasteiger charge is 2.48. The van der Waals surface area contributed by atoms with Crippen LogP contribution in [-0.4, -0.2) is 102 Å². The molecule has 0 radical (unpaired) electrons. The highest BCUT2D eigenvalue weighted by atomic mass is 32.2. The molecule has 0 amide bonds. The van der Waals surface area contributed by atoms with Crippen molar-refractivity contribution in [1.29, 1.82) is 0 Å². The Morgan fingerprint density at radius 2 is 1.82 bits per heavy atom. The van der Waals surface area contributed by atoms with Crippen LogP contribution in [0.2, 0.25) is 0 Å². The summed E-state index contributed by atoms with van der Waals surface area (Å²) in [5.41, 5.74) is 11.6. The van der Waals surface area contributed by atoms with Crippen molar-refractivity contribution in [3.05, 3.63) is 12.7 Å². The Bertz CT molecular complexity index is 1360. The van der Waals surface area contributed by atoms with Gasteiger partial charge in [-0.2, -0.15) is 20.4 Å². The number of aliphatic hydroxyl groups excluding tert-OH is 2. The summed E-state index contributed by atoms with van der Waals surface area (Å²) in [6, 6.07) is -1.27. The number of ether oxygens (including phenoxy) is 1. The van der Waals surface area contributed by atoms with Crippen molar-refractivity contribution < 1.29 is 66.7 Å². The number of fused-ring (bicyclic) bond motifs is 1. The molecular formula is C15H26N7O14P3S. The Labute approximate surface area is 228 Å². The second-order valence-corrected chi connectivity index (χ2v) is 14.1. The van der Waals surface area contributed by atoms with E-state index in [9.17, 15) is 38.5 Å². The van der Waals surface area contributed by atoms with Crippen molar-refractivity contribution in [2.45, 2.75) is 42.3 Å². The van der Waals surface area contributed by atoms with Crippen molar-refractivity contribution in [2.75, 3.05) is 18.0 Å². The summed E-state index contributed by atoms with van der Waals surface area (Å²) in [6.07, 6.45) is -3.61. The van der Waals surface area contributed by atoms with E-state index in [2.05, 4.69) is 23.6 Å². The smallest absolute Gasteiger partial charge is 0.480 e. The average Bonchev–Trinajstić information content (AvgIpc) is 3.35. The average molecular weight is 653 g/mol. The van der Waals surface area contributed by atoms with E-state index in [1.807, 2.05) is 5.09 Å². The molecule has 1 aliphatic rings. The number of thioether (sulfide) groups is 1. The van der Waals surface area contributed by atoms with Crippen LogP contribution in [0.3, 0.4) is 0 Å². The fraction of sp³-hybridized carbons (Fsp3) is 0.600. The van der Waals surface area contributed by atoms with Crippen LogP contribution < -0.4 is 16.6 Å². The Hall–Kier alpha value is -1.58. The summed E-state index contributed by atoms with van der Waals surface area (Å²) in [5, 5.41) is 31.3. The maximum atomic E-state index is 12.3. The minimum atomic E-state index is -5.74. The fourth-order valence-corrected chi connectivity index (χ4v) is 8.21. The van der Waals surface area contributed by atoms with Crippen molar-refractivity contribution in [2.24, 2.45) is 5.73 Å². The molecule has 2 aromatic heterocycles. The topological polar surface area (TPSA) is 345 Å². The zero-order valence-corrected chi connectivity index (χ0v) is 23.4. The number of nitrogen functional groups attached to an aromatic ring is 1. The molecule has 8 atom stereocenters. The van der Waals surface area contributed by atoms with E-state index in [0.717, 1.165) is 18.1 Å². The predicted molar refractivity (Wildman–Crippen MR) is 134 cm³/mol. The maximum absolute atomic E-state index is 12.3. The molecule has 0 aliphatic carbocycles. The number of aliphatic hydroxyl groups is 2. The summed E-state index contributed by atoms with van der Waals surface area (Å²) >= 11 is 0.897. The molecule has 3 rings (SSSR count). The first-order valence-electron chi connectivity index (χ1n) is 10.8. The molecule has 226 valence electrons. The van der Waals surface area contributed by atoms with Crippen molar-refractivity contribution in [3.8, 4) is 0 Å². The molecule has 21 nitrogen and oxygen atoms in total. The van der Waals surface area contributed by atoms with Gasteiger partial charge in [-0.3, -0.25) is 9.36 Å². The molecule has 40 heavy (non-hydrogen) atoms. The van der Waals surface area contributed by atoms with Crippen LogP contribution in [0, 0.1) is 0 Å². The third-order valence-electron chi connectivity index (χ3n) is 5.30. The summed E-state index contributed by atoms with van der Waals surface area (Å²) in [7, 11) is -16.6. The molecule has 1 aliphatic heterocycles. The quantitative estimate of drug-likeness (QED) is 0.0971. The fourth-order valence-electron chi connectivity index (χ4n) is 3.54. The summed E-state index contributed by atoms with van der Waals surface area (Å²) in [4.78, 5) is 59.6. The first-order chi connectivity index (χ1) is 18.4. The number of nitrogens with zero attached hydrogens (tertiary/aromatic N) is 4. The van der Waals surface area contributed by atoms with Gasteiger partial charge >= 0.3 is 29.4 Å². The Kier molecular flexibility index (Phi) is 10.5. The van der Waals surface area contributed by atoms with E-state index in [4.69, 9.17) is 31.1 Å². The number of nitrogens with one attached hydrogen (secondary N) is 1. The van der Waals surface area contributed by atoms with Gasteiger partial charge in [0, 0.05) is 11.8 Å². The molecule has 1 fully saturated rings. The van der Waals surface area contributed by atoms with Crippen molar-refractivity contribution in [1.82, 2.24) is 24.6 Å². The normalized spacial score (nSPS) is 26.3. The lowest BCUT2D eigenvalue weighted by Crippen LogP contribution is -2.42. The zero-order chi connectivity index (χ0) is 30.0. The molecule has 25 heteroatoms. The van der Waals surface area contributed by atoms with E-state index in [-0.39, 0.29) is 29.2 Å². The largest absolute Gasteiger partial charge is 0.489 e. The maximum Gasteiger partial charge on any atom is 0.489 e. The van der Waals surface area contributed by atoms with Crippen LogP contribution in [0.5, 0.6) is 0 Å². The van der Waals surface area contributed by atoms with Crippen LogP contribution in [0.25, 0.3) is 11.2 Å². The second kappa shape index (κ2) is 12.7. The number of imidazole rings is 1. The van der Waals surface area contributed by atoms with Crippen LogP contribution in [-0.2, 0) is 31.8 Å². The van der Waals surface area contributed by atoms with E-state index in [0.29, 0.717) is 0 Å². The Morgan fingerprint density at radius 3 is 2.45 bits per heavy atom. The summed E-state index contributed by atoms with van der Waals surface area (Å²) in [5.74, 6) is -1.27. The van der Waals surface area contributed by atoms with Gasteiger partial charge in [-0.05, 0) is 12.2 Å². The van der Waals surface area contributed by atoms with Gasteiger partial charge < -0.3 is 51.1 Å². The molecule has 0 bridgehead atoms. The molecule has 2 aromatic rings. The number of carbonyl (C=O) groups is 1. The van der Waals surface area contributed by atoms with Gasteiger partial charge in [0.2, 0.25) is 0 Å². The third kappa shape index (κ3) is 8.48. The van der Waals surface area contributed by atoms with Crippen molar-refractivity contribution in [3.63, 3.8) is 0 Å². The van der Waals surface area contributed by atoms with Gasteiger partial charge in [0.15, 0.2) is 17.7 Å². The highest BCUT2D eigenvalue weighted by molar-refractivity contribution is 8.00. The third-order valence-corrected chi connectivity index (χ3v) is 10.6. The number of carboxylic acids is 1. The van der Waals surface area contributed by atoms with Crippen LogP contribution >= 0.6 is 35.2 Å². The van der Waals surface area contributed by atoms with Crippen LogP contribution in [0.15, 0.2) is 12.7 Å². The van der Waals surface area contributed by atoms with Gasteiger partial charge in [0.05, 0.1) is 6.33 Å².